The van der Waals surface area contributed by atoms with E-state index >= 15 is 0 Å². The topological polar surface area (TPSA) is 3.24 Å². The highest BCUT2D eigenvalue weighted by Crippen LogP contribution is 2.48. The maximum Gasteiger partial charge on any atom is 0.0552 e. The Kier molecular flexibility index (Phi) is 13.0. The smallest absolute Gasteiger partial charge is 0.0552 e. The van der Waals surface area contributed by atoms with E-state index < -0.39 is 0 Å². The maximum absolute atomic E-state index is 2.65. The molecule has 1 aliphatic heterocycles. The molecule has 0 bridgehead atoms. The van der Waals surface area contributed by atoms with E-state index in [9.17, 15) is 0 Å². The lowest BCUT2D eigenvalue weighted by atomic mass is 9.93. The van der Waals surface area contributed by atoms with Gasteiger partial charge in [-0.25, -0.2) is 0 Å². The zero-order valence-corrected chi connectivity index (χ0v) is 22.9. The van der Waals surface area contributed by atoms with Gasteiger partial charge in [0.05, 0.1) is 11.4 Å². The number of rotatable bonds is 18. The van der Waals surface area contributed by atoms with Crippen LogP contribution in [0.4, 0.5) is 11.4 Å². The van der Waals surface area contributed by atoms with E-state index in [1.807, 2.05) is 11.8 Å². The average molecular weight is 480 g/mol. The summed E-state index contributed by atoms with van der Waals surface area (Å²) in [7, 11) is 0. The Morgan fingerprint density at radius 3 is 1.44 bits per heavy atom. The first-order valence-electron chi connectivity index (χ1n) is 14.5. The Labute approximate surface area is 215 Å². The van der Waals surface area contributed by atoms with Crippen LogP contribution in [0, 0.1) is 5.92 Å². The summed E-state index contributed by atoms with van der Waals surface area (Å²) in [6.07, 6.45) is 22.5. The molecule has 0 saturated heterocycles. The Morgan fingerprint density at radius 2 is 0.971 bits per heavy atom. The fraction of sp³-hybridized carbons (Fsp3) is 0.625. The largest absolute Gasteiger partial charge is 0.339 e. The minimum absolute atomic E-state index is 0.787. The van der Waals surface area contributed by atoms with Crippen molar-refractivity contribution < 1.29 is 0 Å². The molecule has 1 heterocycles. The summed E-state index contributed by atoms with van der Waals surface area (Å²) in [5.41, 5.74) is 2.82. The SMILES string of the molecule is CCCCCCCCCCC(CCCCCCCC)CN1c2ccccc2Sc2ccccc21. The first-order chi connectivity index (χ1) is 16.8. The van der Waals surface area contributed by atoms with E-state index in [4.69, 9.17) is 0 Å². The lowest BCUT2D eigenvalue weighted by Crippen LogP contribution is -2.27. The van der Waals surface area contributed by atoms with Gasteiger partial charge in [-0.05, 0) is 43.0 Å². The molecule has 1 aliphatic rings. The van der Waals surface area contributed by atoms with Crippen molar-refractivity contribution in [2.24, 2.45) is 5.92 Å². The van der Waals surface area contributed by atoms with Crippen LogP contribution in [0.1, 0.15) is 117 Å². The molecule has 34 heavy (non-hydrogen) atoms. The molecular weight excluding hydrogens is 430 g/mol. The summed E-state index contributed by atoms with van der Waals surface area (Å²) < 4.78 is 0. The first-order valence-corrected chi connectivity index (χ1v) is 15.3. The molecule has 1 unspecified atom stereocenters. The third-order valence-electron chi connectivity index (χ3n) is 7.40. The van der Waals surface area contributed by atoms with Crippen molar-refractivity contribution in [2.45, 2.75) is 126 Å². The molecule has 3 rings (SSSR count). The first kappa shape index (κ1) is 27.2. The lowest BCUT2D eigenvalue weighted by molar-refractivity contribution is 0.407. The van der Waals surface area contributed by atoms with E-state index in [1.54, 1.807) is 0 Å². The molecule has 0 amide bonds. The molecule has 1 nitrogen and oxygen atoms in total. The van der Waals surface area contributed by atoms with Crippen molar-refractivity contribution in [3.8, 4) is 0 Å². The van der Waals surface area contributed by atoms with Crippen molar-refractivity contribution in [3.63, 3.8) is 0 Å². The second-order valence-electron chi connectivity index (χ2n) is 10.3. The molecule has 2 aromatic carbocycles. The Hall–Kier alpha value is -1.41. The number of hydrogen-bond donors (Lipinski definition) is 0. The van der Waals surface area contributed by atoms with Crippen LogP contribution in [0.2, 0.25) is 0 Å². The summed E-state index contributed by atoms with van der Waals surface area (Å²) in [5, 5.41) is 0. The highest BCUT2D eigenvalue weighted by Gasteiger charge is 2.25. The monoisotopic (exact) mass is 479 g/mol. The molecule has 2 heteroatoms. The van der Waals surface area contributed by atoms with Crippen molar-refractivity contribution in [1.29, 1.82) is 0 Å². The van der Waals surface area contributed by atoms with Crippen LogP contribution < -0.4 is 4.90 Å². The van der Waals surface area contributed by atoms with Gasteiger partial charge in [0.2, 0.25) is 0 Å². The van der Waals surface area contributed by atoms with Gasteiger partial charge >= 0.3 is 0 Å². The van der Waals surface area contributed by atoms with Crippen molar-refractivity contribution in [3.05, 3.63) is 48.5 Å². The summed E-state index contributed by atoms with van der Waals surface area (Å²) in [6, 6.07) is 18.0. The number of para-hydroxylation sites is 2. The Balaban J connectivity index is 1.58. The van der Waals surface area contributed by atoms with Gasteiger partial charge in [0, 0.05) is 16.3 Å². The second kappa shape index (κ2) is 16.3. The van der Waals surface area contributed by atoms with E-state index in [-0.39, 0.29) is 0 Å². The van der Waals surface area contributed by atoms with Gasteiger partial charge < -0.3 is 4.90 Å². The van der Waals surface area contributed by atoms with Crippen LogP contribution in [-0.4, -0.2) is 6.54 Å². The Bertz CT molecular complexity index is 756. The molecule has 0 saturated carbocycles. The number of hydrogen-bond acceptors (Lipinski definition) is 2. The summed E-state index contributed by atoms with van der Waals surface area (Å²) in [6.45, 7) is 5.79. The maximum atomic E-state index is 2.65. The van der Waals surface area contributed by atoms with Crippen LogP contribution in [0.15, 0.2) is 58.3 Å². The van der Waals surface area contributed by atoms with Gasteiger partial charge in [0.25, 0.3) is 0 Å². The van der Waals surface area contributed by atoms with Crippen molar-refractivity contribution in [2.75, 3.05) is 11.4 Å². The van der Waals surface area contributed by atoms with Crippen LogP contribution in [0.3, 0.4) is 0 Å². The average Bonchev–Trinajstić information content (AvgIpc) is 2.87. The fourth-order valence-electron chi connectivity index (χ4n) is 5.34. The van der Waals surface area contributed by atoms with Gasteiger partial charge in [0.15, 0.2) is 0 Å². The molecule has 0 N–H and O–H groups in total. The molecule has 2 aromatic rings. The van der Waals surface area contributed by atoms with Gasteiger partial charge in [-0.15, -0.1) is 0 Å². The minimum Gasteiger partial charge on any atom is -0.339 e. The summed E-state index contributed by atoms with van der Waals surface area (Å²) >= 11 is 1.93. The second-order valence-corrected chi connectivity index (χ2v) is 11.4. The van der Waals surface area contributed by atoms with Crippen LogP contribution in [0.25, 0.3) is 0 Å². The van der Waals surface area contributed by atoms with Gasteiger partial charge in [-0.1, -0.05) is 140 Å². The number of anilines is 2. The van der Waals surface area contributed by atoms with E-state index in [1.165, 1.54) is 130 Å². The number of nitrogens with zero attached hydrogens (tertiary/aromatic N) is 1. The summed E-state index contributed by atoms with van der Waals surface area (Å²) in [4.78, 5) is 5.46. The predicted molar refractivity (Wildman–Crippen MR) is 153 cm³/mol. The van der Waals surface area contributed by atoms with E-state index in [2.05, 4.69) is 67.3 Å². The van der Waals surface area contributed by atoms with Crippen LogP contribution in [-0.2, 0) is 0 Å². The van der Waals surface area contributed by atoms with Crippen molar-refractivity contribution in [1.82, 2.24) is 0 Å². The molecular formula is C32H49NS. The van der Waals surface area contributed by atoms with E-state index in [0.717, 1.165) is 5.92 Å². The molecule has 188 valence electrons. The van der Waals surface area contributed by atoms with Gasteiger partial charge in [-0.2, -0.15) is 0 Å². The number of benzene rings is 2. The highest BCUT2D eigenvalue weighted by molar-refractivity contribution is 7.99. The third-order valence-corrected chi connectivity index (χ3v) is 8.53. The van der Waals surface area contributed by atoms with E-state index in [0.29, 0.717) is 0 Å². The quantitative estimate of drug-likeness (QED) is 0.196. The zero-order valence-electron chi connectivity index (χ0n) is 22.1. The summed E-state index contributed by atoms with van der Waals surface area (Å²) in [5.74, 6) is 0.787. The molecule has 0 aliphatic carbocycles. The minimum atomic E-state index is 0.787. The lowest BCUT2D eigenvalue weighted by Gasteiger charge is -2.35. The van der Waals surface area contributed by atoms with Gasteiger partial charge in [0.1, 0.15) is 0 Å². The molecule has 0 radical (unpaired) electrons. The Morgan fingerprint density at radius 1 is 0.559 bits per heavy atom. The predicted octanol–water partition coefficient (Wildman–Crippen LogP) is 11.2. The molecule has 0 spiro atoms. The standard InChI is InChI=1S/C32H49NS/c1-3-5-7-9-11-12-14-16-22-28(21-15-13-10-8-6-4-2)27-33-29-23-17-19-25-31(29)34-32-26-20-18-24-30(32)33/h17-20,23-26,28H,3-16,21-22,27H2,1-2H3. The molecule has 0 aromatic heterocycles. The molecule has 0 fully saturated rings. The van der Waals surface area contributed by atoms with Gasteiger partial charge in [-0.3, -0.25) is 0 Å². The fourth-order valence-corrected chi connectivity index (χ4v) is 6.44. The highest BCUT2D eigenvalue weighted by atomic mass is 32.2. The number of fused-ring (bicyclic) bond motifs is 2. The van der Waals surface area contributed by atoms with Crippen molar-refractivity contribution >= 4 is 23.1 Å². The zero-order chi connectivity index (χ0) is 23.8. The third kappa shape index (κ3) is 8.99. The number of unbranched alkanes of at least 4 members (excludes halogenated alkanes) is 12. The molecule has 1 atom stereocenters. The van der Waals surface area contributed by atoms with Crippen LogP contribution in [0.5, 0.6) is 0 Å². The normalized spacial score (nSPS) is 13.5. The van der Waals surface area contributed by atoms with Crippen LogP contribution >= 0.6 is 11.8 Å².